The van der Waals surface area contributed by atoms with Gasteiger partial charge in [-0.25, -0.2) is 0 Å². The molecule has 0 radical (unpaired) electrons. The van der Waals surface area contributed by atoms with Crippen molar-refractivity contribution >= 4 is 0 Å². The maximum Gasteiger partial charge on any atom is 0.271 e. The minimum atomic E-state index is -0.398. The van der Waals surface area contributed by atoms with Gasteiger partial charge in [0.05, 0.1) is 0 Å². The summed E-state index contributed by atoms with van der Waals surface area (Å²) >= 11 is 0. The summed E-state index contributed by atoms with van der Waals surface area (Å²) in [6.07, 6.45) is 2.64. The molecule has 0 aromatic carbocycles. The van der Waals surface area contributed by atoms with Crippen LogP contribution >= 0.6 is 0 Å². The molecule has 0 spiro atoms. The minimum Gasteiger partial charge on any atom is -0.494 e. The molecular formula is C13H18N2O2. The minimum absolute atomic E-state index is 0.0162. The molecule has 1 heterocycles. The van der Waals surface area contributed by atoms with Crippen LogP contribution in [0.1, 0.15) is 43.4 Å². The third-order valence-electron chi connectivity index (χ3n) is 3.02. The predicted molar refractivity (Wildman–Crippen MR) is 66.1 cm³/mol. The number of aromatic hydroxyl groups is 1. The molecule has 0 saturated heterocycles. The highest BCUT2D eigenvalue weighted by Crippen LogP contribution is 2.23. The van der Waals surface area contributed by atoms with Crippen LogP contribution in [-0.4, -0.2) is 9.67 Å². The zero-order valence-electron chi connectivity index (χ0n) is 10.6. The van der Waals surface area contributed by atoms with Gasteiger partial charge in [-0.05, 0) is 32.3 Å². The van der Waals surface area contributed by atoms with Crippen molar-refractivity contribution in [3.8, 4) is 11.9 Å². The average Bonchev–Trinajstić information content (AvgIpc) is 2.30. The Labute approximate surface area is 101 Å². The van der Waals surface area contributed by atoms with Crippen molar-refractivity contribution < 1.29 is 5.11 Å². The molecule has 0 unspecified atom stereocenters. The molecule has 17 heavy (non-hydrogen) atoms. The van der Waals surface area contributed by atoms with E-state index in [1.54, 1.807) is 13.8 Å². The van der Waals surface area contributed by atoms with E-state index in [2.05, 4.69) is 6.92 Å². The van der Waals surface area contributed by atoms with Crippen molar-refractivity contribution in [3.05, 3.63) is 27.0 Å². The summed E-state index contributed by atoms with van der Waals surface area (Å²) in [6, 6.07) is 1.94. The zero-order valence-corrected chi connectivity index (χ0v) is 10.6. The van der Waals surface area contributed by atoms with Crippen LogP contribution in [0.25, 0.3) is 0 Å². The molecule has 1 rings (SSSR count). The van der Waals surface area contributed by atoms with E-state index in [4.69, 9.17) is 5.26 Å². The molecule has 92 valence electrons. The number of pyridine rings is 1. The third-order valence-corrected chi connectivity index (χ3v) is 3.02. The Kier molecular flexibility index (Phi) is 4.33. The van der Waals surface area contributed by atoms with E-state index in [9.17, 15) is 9.90 Å². The number of aromatic nitrogens is 1. The van der Waals surface area contributed by atoms with Gasteiger partial charge < -0.3 is 5.11 Å². The second kappa shape index (κ2) is 5.53. The Bertz CT molecular complexity index is 510. The van der Waals surface area contributed by atoms with Crippen LogP contribution in [0.4, 0.5) is 0 Å². The summed E-state index contributed by atoms with van der Waals surface area (Å²) in [5.41, 5.74) is 1.10. The summed E-state index contributed by atoms with van der Waals surface area (Å²) in [4.78, 5) is 11.9. The van der Waals surface area contributed by atoms with Gasteiger partial charge >= 0.3 is 0 Å². The number of nitriles is 1. The lowest BCUT2D eigenvalue weighted by Crippen LogP contribution is -2.24. The summed E-state index contributed by atoms with van der Waals surface area (Å²) in [7, 11) is 0. The SMILES string of the molecule is CCCCc1c(C)c(C#N)c(=O)n(CC)c1O. The lowest BCUT2D eigenvalue weighted by Gasteiger charge is -2.14. The first-order valence-electron chi connectivity index (χ1n) is 5.93. The first-order chi connectivity index (χ1) is 8.08. The molecule has 0 bridgehead atoms. The molecule has 0 atom stereocenters. The van der Waals surface area contributed by atoms with Crippen LogP contribution < -0.4 is 5.56 Å². The Morgan fingerprint density at radius 2 is 2.06 bits per heavy atom. The predicted octanol–water partition coefficient (Wildman–Crippen LogP) is 2.10. The van der Waals surface area contributed by atoms with E-state index in [-0.39, 0.29) is 11.4 Å². The number of hydrogen-bond donors (Lipinski definition) is 1. The quantitative estimate of drug-likeness (QED) is 0.867. The summed E-state index contributed by atoms with van der Waals surface area (Å²) in [5, 5.41) is 19.1. The van der Waals surface area contributed by atoms with Gasteiger partial charge in [0.2, 0.25) is 0 Å². The zero-order chi connectivity index (χ0) is 13.0. The monoisotopic (exact) mass is 234 g/mol. The number of unbranched alkanes of at least 4 members (excludes halogenated alkanes) is 1. The molecule has 1 aromatic heterocycles. The van der Waals surface area contributed by atoms with Gasteiger partial charge in [-0.1, -0.05) is 13.3 Å². The van der Waals surface area contributed by atoms with Crippen molar-refractivity contribution in [1.82, 2.24) is 4.57 Å². The number of hydrogen-bond acceptors (Lipinski definition) is 3. The van der Waals surface area contributed by atoms with E-state index in [0.29, 0.717) is 18.5 Å². The fourth-order valence-corrected chi connectivity index (χ4v) is 1.95. The smallest absolute Gasteiger partial charge is 0.271 e. The van der Waals surface area contributed by atoms with Crippen LogP contribution in [0.2, 0.25) is 0 Å². The van der Waals surface area contributed by atoms with Crippen LogP contribution in [0, 0.1) is 18.3 Å². The summed E-state index contributed by atoms with van der Waals surface area (Å²) < 4.78 is 1.26. The van der Waals surface area contributed by atoms with E-state index in [0.717, 1.165) is 18.4 Å². The topological polar surface area (TPSA) is 66.0 Å². The molecule has 4 heteroatoms. The van der Waals surface area contributed by atoms with Gasteiger partial charge in [0, 0.05) is 12.1 Å². The van der Waals surface area contributed by atoms with Crippen LogP contribution in [0.3, 0.4) is 0 Å². The van der Waals surface area contributed by atoms with Crippen LogP contribution in [-0.2, 0) is 13.0 Å². The molecule has 0 amide bonds. The molecule has 1 aromatic rings. The Hall–Kier alpha value is -1.76. The lowest BCUT2D eigenvalue weighted by molar-refractivity contribution is 0.402. The van der Waals surface area contributed by atoms with E-state index >= 15 is 0 Å². The summed E-state index contributed by atoms with van der Waals surface area (Å²) in [6.45, 7) is 5.94. The van der Waals surface area contributed by atoms with Crippen LogP contribution in [0.5, 0.6) is 5.88 Å². The standard InChI is InChI=1S/C13H18N2O2/c1-4-6-7-10-9(3)11(8-14)13(17)15(5-2)12(10)16/h16H,4-7H2,1-3H3. The van der Waals surface area contributed by atoms with Gasteiger partial charge in [0.15, 0.2) is 5.88 Å². The van der Waals surface area contributed by atoms with Crippen molar-refractivity contribution in [3.63, 3.8) is 0 Å². The first kappa shape index (κ1) is 13.3. The molecule has 0 fully saturated rings. The number of rotatable bonds is 4. The third kappa shape index (κ3) is 2.33. The van der Waals surface area contributed by atoms with Crippen molar-refractivity contribution in [2.24, 2.45) is 0 Å². The van der Waals surface area contributed by atoms with E-state index < -0.39 is 5.56 Å². The van der Waals surface area contributed by atoms with Crippen molar-refractivity contribution in [2.45, 2.75) is 46.6 Å². The highest BCUT2D eigenvalue weighted by Gasteiger charge is 2.17. The highest BCUT2D eigenvalue weighted by atomic mass is 16.3. The summed E-state index contributed by atoms with van der Waals surface area (Å²) in [5.74, 6) is 0.0162. The lowest BCUT2D eigenvalue weighted by atomic mass is 10.0. The fraction of sp³-hybridized carbons (Fsp3) is 0.538. The Morgan fingerprint density at radius 1 is 1.41 bits per heavy atom. The largest absolute Gasteiger partial charge is 0.494 e. The van der Waals surface area contributed by atoms with Gasteiger partial charge in [0.25, 0.3) is 5.56 Å². The van der Waals surface area contributed by atoms with Crippen LogP contribution in [0.15, 0.2) is 4.79 Å². The van der Waals surface area contributed by atoms with E-state index in [1.165, 1.54) is 4.57 Å². The maximum atomic E-state index is 11.9. The second-order valence-corrected chi connectivity index (χ2v) is 4.07. The number of nitrogens with zero attached hydrogens (tertiary/aromatic N) is 2. The fourth-order valence-electron chi connectivity index (χ4n) is 1.95. The first-order valence-corrected chi connectivity index (χ1v) is 5.93. The normalized spacial score (nSPS) is 10.2. The van der Waals surface area contributed by atoms with Crippen molar-refractivity contribution in [2.75, 3.05) is 0 Å². The van der Waals surface area contributed by atoms with Gasteiger partial charge in [-0.3, -0.25) is 9.36 Å². The highest BCUT2D eigenvalue weighted by molar-refractivity contribution is 5.45. The van der Waals surface area contributed by atoms with Gasteiger partial charge in [0.1, 0.15) is 11.6 Å². The molecular weight excluding hydrogens is 216 g/mol. The molecule has 0 aliphatic heterocycles. The average molecular weight is 234 g/mol. The molecule has 0 aliphatic rings. The second-order valence-electron chi connectivity index (χ2n) is 4.07. The molecule has 1 N–H and O–H groups in total. The van der Waals surface area contributed by atoms with E-state index in [1.807, 2.05) is 6.07 Å². The van der Waals surface area contributed by atoms with Gasteiger partial charge in [-0.2, -0.15) is 5.26 Å². The van der Waals surface area contributed by atoms with Crippen molar-refractivity contribution in [1.29, 1.82) is 5.26 Å². The molecule has 0 aliphatic carbocycles. The Balaban J connectivity index is 3.50. The van der Waals surface area contributed by atoms with Gasteiger partial charge in [-0.15, -0.1) is 0 Å². The maximum absolute atomic E-state index is 11.9. The molecule has 0 saturated carbocycles. The Morgan fingerprint density at radius 3 is 2.53 bits per heavy atom. The molecule has 4 nitrogen and oxygen atoms in total.